The van der Waals surface area contributed by atoms with Crippen LogP contribution in [0.1, 0.15) is 42.5 Å². The number of rotatable bonds is 6. The summed E-state index contributed by atoms with van der Waals surface area (Å²) in [5.41, 5.74) is 2.84. The van der Waals surface area contributed by atoms with Crippen molar-refractivity contribution in [3.05, 3.63) is 59.2 Å². The summed E-state index contributed by atoms with van der Waals surface area (Å²) in [6, 6.07) is 10.7. The van der Waals surface area contributed by atoms with Crippen LogP contribution in [0, 0.1) is 0 Å². The third kappa shape index (κ3) is 4.40. The van der Waals surface area contributed by atoms with Crippen LogP contribution in [0.25, 0.3) is 0 Å². The average Bonchev–Trinajstić information content (AvgIpc) is 2.60. The Kier molecular flexibility index (Phi) is 5.58. The first-order valence-corrected chi connectivity index (χ1v) is 10.0. The third-order valence-corrected chi connectivity index (χ3v) is 6.08. The highest BCUT2D eigenvalue weighted by molar-refractivity contribution is 7.89. The minimum Gasteiger partial charge on any atom is -0.435 e. The predicted octanol–water partition coefficient (Wildman–Crippen LogP) is 4.21. The molecule has 0 amide bonds. The molecule has 0 aromatic heterocycles. The van der Waals surface area contributed by atoms with Crippen molar-refractivity contribution in [3.63, 3.8) is 0 Å². The third-order valence-electron chi connectivity index (χ3n) is 4.55. The van der Waals surface area contributed by atoms with Crippen LogP contribution < -0.4 is 9.46 Å². The lowest BCUT2D eigenvalue weighted by atomic mass is 9.92. The van der Waals surface area contributed by atoms with Crippen molar-refractivity contribution in [1.82, 2.24) is 4.72 Å². The molecule has 3 rings (SSSR count). The minimum atomic E-state index is -3.72. The van der Waals surface area contributed by atoms with Crippen LogP contribution in [0.2, 0.25) is 0 Å². The highest BCUT2D eigenvalue weighted by atomic mass is 32.2. The predicted molar refractivity (Wildman–Crippen MR) is 94.9 cm³/mol. The Morgan fingerprint density at radius 3 is 2.50 bits per heavy atom. The van der Waals surface area contributed by atoms with Crippen molar-refractivity contribution >= 4 is 10.0 Å². The number of sulfonamides is 1. The van der Waals surface area contributed by atoms with Gasteiger partial charge < -0.3 is 4.74 Å². The Morgan fingerprint density at radius 1 is 1.04 bits per heavy atom. The maximum Gasteiger partial charge on any atom is 0.387 e. The van der Waals surface area contributed by atoms with Gasteiger partial charge in [-0.2, -0.15) is 8.78 Å². The Hall–Kier alpha value is -1.99. The van der Waals surface area contributed by atoms with Crippen molar-refractivity contribution in [2.24, 2.45) is 0 Å². The molecule has 7 heteroatoms. The molecule has 0 heterocycles. The lowest BCUT2D eigenvalue weighted by Gasteiger charge is -2.19. The first-order valence-electron chi connectivity index (χ1n) is 8.54. The van der Waals surface area contributed by atoms with Gasteiger partial charge in [-0.25, -0.2) is 13.1 Å². The Labute approximate surface area is 152 Å². The van der Waals surface area contributed by atoms with Gasteiger partial charge in [-0.3, -0.25) is 0 Å². The van der Waals surface area contributed by atoms with E-state index in [1.165, 1.54) is 17.7 Å². The van der Waals surface area contributed by atoms with Crippen molar-refractivity contribution in [1.29, 1.82) is 0 Å². The lowest BCUT2D eigenvalue weighted by Crippen LogP contribution is -2.27. The van der Waals surface area contributed by atoms with Gasteiger partial charge in [0, 0.05) is 6.04 Å². The molecule has 1 atom stereocenters. The highest BCUT2D eigenvalue weighted by Gasteiger charge is 2.21. The summed E-state index contributed by atoms with van der Waals surface area (Å²) >= 11 is 0. The van der Waals surface area contributed by atoms with E-state index in [1.807, 2.05) is 6.07 Å². The lowest BCUT2D eigenvalue weighted by molar-refractivity contribution is -0.0499. The van der Waals surface area contributed by atoms with E-state index in [0.29, 0.717) is 5.56 Å². The van der Waals surface area contributed by atoms with Crippen LogP contribution in [0.5, 0.6) is 5.75 Å². The molecule has 0 saturated carbocycles. The first kappa shape index (κ1) is 18.8. The van der Waals surface area contributed by atoms with Crippen LogP contribution in [-0.4, -0.2) is 15.0 Å². The van der Waals surface area contributed by atoms with E-state index in [4.69, 9.17) is 0 Å². The standard InChI is InChI=1S/C19H21F2NO3S/c1-13(15-7-4-8-17(11-15)25-19(20)21)22-26(23,24)18-10-9-14-5-2-3-6-16(14)12-18/h4,7-13,19,22H,2-3,5-6H2,1H3. The fourth-order valence-corrected chi connectivity index (χ4v) is 4.49. The molecule has 2 aromatic rings. The molecule has 0 radical (unpaired) electrons. The molecule has 1 aliphatic carbocycles. The fourth-order valence-electron chi connectivity index (χ4n) is 3.21. The minimum absolute atomic E-state index is 0.00247. The molecule has 0 aliphatic heterocycles. The zero-order chi connectivity index (χ0) is 18.7. The molecule has 2 aromatic carbocycles. The monoisotopic (exact) mass is 381 g/mol. The van der Waals surface area contributed by atoms with Crippen molar-refractivity contribution in [2.75, 3.05) is 0 Å². The summed E-state index contributed by atoms with van der Waals surface area (Å²) in [4.78, 5) is 0.227. The second-order valence-corrected chi connectivity index (χ2v) is 8.15. The number of fused-ring (bicyclic) bond motifs is 1. The number of benzene rings is 2. The fraction of sp³-hybridized carbons (Fsp3) is 0.368. The van der Waals surface area contributed by atoms with Crippen molar-refractivity contribution in [3.8, 4) is 5.75 Å². The van der Waals surface area contributed by atoms with E-state index in [0.717, 1.165) is 31.2 Å². The van der Waals surface area contributed by atoms with Gasteiger partial charge in [0.15, 0.2) is 0 Å². The molecule has 0 spiro atoms. The molecule has 1 unspecified atom stereocenters. The molecule has 0 fully saturated rings. The molecule has 0 bridgehead atoms. The van der Waals surface area contributed by atoms with E-state index >= 15 is 0 Å². The zero-order valence-corrected chi connectivity index (χ0v) is 15.2. The number of alkyl halides is 2. The zero-order valence-electron chi connectivity index (χ0n) is 14.4. The Morgan fingerprint density at radius 2 is 1.77 bits per heavy atom. The van der Waals surface area contributed by atoms with E-state index in [-0.39, 0.29) is 10.6 Å². The molecular formula is C19H21F2NO3S. The van der Waals surface area contributed by atoms with E-state index in [1.54, 1.807) is 31.2 Å². The van der Waals surface area contributed by atoms with Gasteiger partial charge in [0.05, 0.1) is 4.90 Å². The van der Waals surface area contributed by atoms with Crippen LogP contribution >= 0.6 is 0 Å². The Bertz CT molecular complexity index is 884. The molecule has 1 N–H and O–H groups in total. The summed E-state index contributed by atoms with van der Waals surface area (Å²) in [5.74, 6) is -0.00247. The average molecular weight is 381 g/mol. The van der Waals surface area contributed by atoms with E-state index < -0.39 is 22.7 Å². The topological polar surface area (TPSA) is 55.4 Å². The maximum absolute atomic E-state index is 12.7. The number of halogens is 2. The SMILES string of the molecule is CC(NS(=O)(=O)c1ccc2c(c1)CCCC2)c1cccc(OC(F)F)c1. The van der Waals surface area contributed by atoms with Gasteiger partial charge >= 0.3 is 6.61 Å². The first-order chi connectivity index (χ1) is 12.3. The molecule has 0 saturated heterocycles. The largest absolute Gasteiger partial charge is 0.435 e. The molecule has 1 aliphatic rings. The number of hydrogen-bond acceptors (Lipinski definition) is 3. The van der Waals surface area contributed by atoms with Gasteiger partial charge in [-0.15, -0.1) is 0 Å². The number of hydrogen-bond donors (Lipinski definition) is 1. The van der Waals surface area contributed by atoms with E-state index in [9.17, 15) is 17.2 Å². The summed E-state index contributed by atoms with van der Waals surface area (Å²) in [6.45, 7) is -1.26. The molecule has 26 heavy (non-hydrogen) atoms. The highest BCUT2D eigenvalue weighted by Crippen LogP contribution is 2.26. The van der Waals surface area contributed by atoms with Gasteiger partial charge in [0.2, 0.25) is 10.0 Å². The van der Waals surface area contributed by atoms with Gasteiger partial charge in [0.1, 0.15) is 5.75 Å². The van der Waals surface area contributed by atoms with Crippen LogP contribution in [0.4, 0.5) is 8.78 Å². The normalized spacial score (nSPS) is 15.5. The number of ether oxygens (including phenoxy) is 1. The molecule has 140 valence electrons. The van der Waals surface area contributed by atoms with Crippen molar-refractivity contribution in [2.45, 2.75) is 50.2 Å². The number of nitrogens with one attached hydrogen (secondary N) is 1. The van der Waals surface area contributed by atoms with Gasteiger partial charge in [-0.1, -0.05) is 18.2 Å². The second kappa shape index (κ2) is 7.72. The maximum atomic E-state index is 12.7. The summed E-state index contributed by atoms with van der Waals surface area (Å²) in [7, 11) is -3.72. The van der Waals surface area contributed by atoms with Crippen LogP contribution in [0.3, 0.4) is 0 Å². The molecule has 4 nitrogen and oxygen atoms in total. The summed E-state index contributed by atoms with van der Waals surface area (Å²) < 4.78 is 57.1. The van der Waals surface area contributed by atoms with Crippen molar-refractivity contribution < 1.29 is 21.9 Å². The smallest absolute Gasteiger partial charge is 0.387 e. The summed E-state index contributed by atoms with van der Waals surface area (Å²) in [6.07, 6.45) is 4.07. The van der Waals surface area contributed by atoms with Crippen LogP contribution in [0.15, 0.2) is 47.4 Å². The Balaban J connectivity index is 1.79. The van der Waals surface area contributed by atoms with Crippen LogP contribution in [-0.2, 0) is 22.9 Å². The van der Waals surface area contributed by atoms with Gasteiger partial charge in [-0.05, 0) is 73.6 Å². The quantitative estimate of drug-likeness (QED) is 0.816. The summed E-state index contributed by atoms with van der Waals surface area (Å²) in [5, 5.41) is 0. The molecular weight excluding hydrogens is 360 g/mol. The second-order valence-electron chi connectivity index (χ2n) is 6.43. The van der Waals surface area contributed by atoms with Gasteiger partial charge in [0.25, 0.3) is 0 Å². The van der Waals surface area contributed by atoms with E-state index in [2.05, 4.69) is 9.46 Å². The number of aryl methyl sites for hydroxylation is 2.